The lowest BCUT2D eigenvalue weighted by Crippen LogP contribution is -1.87. The minimum absolute atomic E-state index is 0.950. The molecule has 0 nitrogen and oxygen atoms in total. The highest BCUT2D eigenvalue weighted by molar-refractivity contribution is 5.76. The summed E-state index contributed by atoms with van der Waals surface area (Å²) in [6, 6.07) is 15.5. The van der Waals surface area contributed by atoms with E-state index in [1.54, 1.807) is 6.08 Å². The van der Waals surface area contributed by atoms with E-state index in [0.717, 1.165) is 19.3 Å². The van der Waals surface area contributed by atoms with E-state index in [9.17, 15) is 0 Å². The smallest absolute Gasteiger partial charge is 0.00134 e. The highest BCUT2D eigenvalue weighted by Gasteiger charge is 2.17. The maximum Gasteiger partial charge on any atom is -0.00134 e. The Labute approximate surface area is 103 Å². The first kappa shape index (κ1) is 10.3. The first-order chi connectivity index (χ1) is 8.38. The summed E-state index contributed by atoms with van der Waals surface area (Å²) < 4.78 is 0. The second-order valence-corrected chi connectivity index (χ2v) is 4.60. The molecule has 83 valence electrons. The minimum atomic E-state index is 0.950. The predicted molar refractivity (Wildman–Crippen MR) is 71.9 cm³/mol. The van der Waals surface area contributed by atoms with E-state index in [4.69, 9.17) is 6.58 Å². The molecule has 1 aliphatic rings. The molecule has 0 unspecified atom stereocenters. The maximum absolute atomic E-state index is 5.43. The number of benzene rings is 2. The minimum Gasteiger partial charge on any atom is -0.0842 e. The van der Waals surface area contributed by atoms with Crippen LogP contribution in [0.4, 0.5) is 0 Å². The zero-order valence-electron chi connectivity index (χ0n) is 9.82. The van der Waals surface area contributed by atoms with Crippen molar-refractivity contribution in [1.29, 1.82) is 0 Å². The van der Waals surface area contributed by atoms with Gasteiger partial charge in [-0.3, -0.25) is 0 Å². The molecule has 0 heteroatoms. The molecule has 0 aromatic heterocycles. The molecule has 0 spiro atoms. The van der Waals surface area contributed by atoms with Crippen LogP contribution >= 0.6 is 0 Å². The van der Waals surface area contributed by atoms with Crippen molar-refractivity contribution in [2.75, 3.05) is 0 Å². The Bertz CT molecular complexity index is 564. The van der Waals surface area contributed by atoms with Gasteiger partial charge >= 0.3 is 0 Å². The molecule has 0 fully saturated rings. The van der Waals surface area contributed by atoms with Crippen molar-refractivity contribution >= 4 is 0 Å². The first-order valence-corrected chi connectivity index (χ1v) is 6.12. The normalized spacial score (nSPS) is 12.0. The van der Waals surface area contributed by atoms with E-state index in [1.807, 2.05) is 0 Å². The molecule has 0 N–H and O–H groups in total. The molecular formula is C17H15. The summed E-state index contributed by atoms with van der Waals surface area (Å²) in [6.45, 7) is 5.43. The summed E-state index contributed by atoms with van der Waals surface area (Å²) in [5, 5.41) is 0. The van der Waals surface area contributed by atoms with Gasteiger partial charge in [-0.05, 0) is 47.1 Å². The average molecular weight is 219 g/mol. The second kappa shape index (κ2) is 4.21. The Morgan fingerprint density at radius 1 is 1.00 bits per heavy atom. The number of allylic oxidation sites excluding steroid dienone is 1. The third-order valence-corrected chi connectivity index (χ3v) is 3.46. The molecule has 0 bridgehead atoms. The van der Waals surface area contributed by atoms with Crippen molar-refractivity contribution in [1.82, 2.24) is 0 Å². The Morgan fingerprint density at radius 3 is 2.71 bits per heavy atom. The zero-order valence-corrected chi connectivity index (χ0v) is 9.82. The molecule has 0 aliphatic heterocycles. The van der Waals surface area contributed by atoms with Crippen molar-refractivity contribution in [3.63, 3.8) is 0 Å². The summed E-state index contributed by atoms with van der Waals surface area (Å²) in [5.41, 5.74) is 7.10. The van der Waals surface area contributed by atoms with E-state index < -0.39 is 0 Å². The largest absolute Gasteiger partial charge is 0.0842 e. The lowest BCUT2D eigenvalue weighted by molar-refractivity contribution is 0.998. The van der Waals surface area contributed by atoms with Crippen molar-refractivity contribution in [3.05, 3.63) is 71.8 Å². The highest BCUT2D eigenvalue weighted by atomic mass is 14.2. The molecule has 0 heterocycles. The van der Waals surface area contributed by atoms with Crippen molar-refractivity contribution < 1.29 is 0 Å². The van der Waals surface area contributed by atoms with E-state index in [1.165, 1.54) is 27.8 Å². The fourth-order valence-electron chi connectivity index (χ4n) is 2.60. The molecule has 3 rings (SSSR count). The van der Waals surface area contributed by atoms with Crippen LogP contribution in [0.3, 0.4) is 0 Å². The highest BCUT2D eigenvalue weighted by Crippen LogP contribution is 2.36. The lowest BCUT2D eigenvalue weighted by atomic mass is 10.0. The van der Waals surface area contributed by atoms with Crippen LogP contribution in [0.1, 0.15) is 23.1 Å². The topological polar surface area (TPSA) is 0 Å². The number of hydrogen-bond donors (Lipinski definition) is 0. The van der Waals surface area contributed by atoms with Crippen molar-refractivity contribution in [3.8, 4) is 11.1 Å². The van der Waals surface area contributed by atoms with Gasteiger partial charge in [0.25, 0.3) is 0 Å². The van der Waals surface area contributed by atoms with E-state index >= 15 is 0 Å². The second-order valence-electron chi connectivity index (χ2n) is 4.60. The summed E-state index contributed by atoms with van der Waals surface area (Å²) in [6.07, 6.45) is 4.81. The first-order valence-electron chi connectivity index (χ1n) is 6.12. The quantitative estimate of drug-likeness (QED) is 0.620. The molecule has 0 saturated carbocycles. The molecule has 2 aromatic carbocycles. The number of fused-ring (bicyclic) bond motifs is 3. The third kappa shape index (κ3) is 1.80. The van der Waals surface area contributed by atoms with Crippen LogP contribution in [0.15, 0.2) is 48.5 Å². The molecule has 17 heavy (non-hydrogen) atoms. The Hall–Kier alpha value is -1.82. The number of rotatable bonds is 3. The maximum atomic E-state index is 5.43. The van der Waals surface area contributed by atoms with Crippen LogP contribution in [0.5, 0.6) is 0 Å². The fourth-order valence-corrected chi connectivity index (χ4v) is 2.60. The van der Waals surface area contributed by atoms with Crippen molar-refractivity contribution in [2.24, 2.45) is 0 Å². The third-order valence-electron chi connectivity index (χ3n) is 3.46. The van der Waals surface area contributed by atoms with Gasteiger partial charge in [-0.2, -0.15) is 0 Å². The van der Waals surface area contributed by atoms with E-state index in [0.29, 0.717) is 0 Å². The zero-order chi connectivity index (χ0) is 11.7. The van der Waals surface area contributed by atoms with Crippen LogP contribution in [0, 0.1) is 6.58 Å². The molecule has 1 radical (unpaired) electrons. The SMILES string of the molecule is [CH]=CCCc1ccc2c(c1)Cc1ccccc1-2. The lowest BCUT2D eigenvalue weighted by Gasteiger charge is -2.04. The van der Waals surface area contributed by atoms with Crippen LogP contribution in [-0.2, 0) is 12.8 Å². The summed E-state index contributed by atoms with van der Waals surface area (Å²) in [7, 11) is 0. The van der Waals surface area contributed by atoms with Crippen LogP contribution in [0.2, 0.25) is 0 Å². The van der Waals surface area contributed by atoms with Crippen molar-refractivity contribution in [2.45, 2.75) is 19.3 Å². The van der Waals surface area contributed by atoms with Crippen LogP contribution in [0.25, 0.3) is 11.1 Å². The molecule has 0 saturated heterocycles. The van der Waals surface area contributed by atoms with Gasteiger partial charge in [0.2, 0.25) is 0 Å². The van der Waals surface area contributed by atoms with Gasteiger partial charge in [-0.25, -0.2) is 0 Å². The Balaban J connectivity index is 1.98. The Morgan fingerprint density at radius 2 is 1.82 bits per heavy atom. The van der Waals surface area contributed by atoms with Gasteiger partial charge < -0.3 is 0 Å². The van der Waals surface area contributed by atoms with Gasteiger partial charge in [-0.15, -0.1) is 0 Å². The van der Waals surface area contributed by atoms with E-state index in [2.05, 4.69) is 42.5 Å². The number of hydrogen-bond acceptors (Lipinski definition) is 0. The molecule has 1 aliphatic carbocycles. The van der Waals surface area contributed by atoms with Gasteiger partial charge in [0, 0.05) is 0 Å². The summed E-state index contributed by atoms with van der Waals surface area (Å²) in [5.74, 6) is 0. The molecule has 0 amide bonds. The average Bonchev–Trinajstić information content (AvgIpc) is 2.74. The summed E-state index contributed by atoms with van der Waals surface area (Å²) in [4.78, 5) is 0. The molecule has 2 aromatic rings. The Kier molecular flexibility index (Phi) is 2.56. The van der Waals surface area contributed by atoms with Gasteiger partial charge in [-0.1, -0.05) is 55.1 Å². The summed E-state index contributed by atoms with van der Waals surface area (Å²) >= 11 is 0. The standard InChI is InChI=1S/C17H15/c1-2-3-6-13-9-10-17-15(11-13)12-14-7-4-5-8-16(14)17/h1-2,4-5,7-11H,3,6,12H2. The fraction of sp³-hybridized carbons (Fsp3) is 0.176. The molecule has 0 atom stereocenters. The van der Waals surface area contributed by atoms with Gasteiger partial charge in [0.1, 0.15) is 0 Å². The molecular weight excluding hydrogens is 204 g/mol. The number of aryl methyl sites for hydroxylation is 1. The van der Waals surface area contributed by atoms with Crippen LogP contribution < -0.4 is 0 Å². The monoisotopic (exact) mass is 219 g/mol. The van der Waals surface area contributed by atoms with Gasteiger partial charge in [0.15, 0.2) is 0 Å². The van der Waals surface area contributed by atoms with Gasteiger partial charge in [0.05, 0.1) is 0 Å². The predicted octanol–water partition coefficient (Wildman–Crippen LogP) is 4.18. The van der Waals surface area contributed by atoms with Crippen LogP contribution in [-0.4, -0.2) is 0 Å². The van der Waals surface area contributed by atoms with E-state index in [-0.39, 0.29) is 0 Å².